The van der Waals surface area contributed by atoms with E-state index in [0.29, 0.717) is 16.2 Å². The number of hydrogen-bond donors (Lipinski definition) is 1. The van der Waals surface area contributed by atoms with Crippen molar-refractivity contribution in [1.82, 2.24) is 15.4 Å². The maximum atomic E-state index is 12.2. The Kier molecular flexibility index (Phi) is 5.73. The van der Waals surface area contributed by atoms with Crippen molar-refractivity contribution in [2.24, 2.45) is 5.92 Å². The molecule has 1 heterocycles. The molecule has 1 unspecified atom stereocenters. The van der Waals surface area contributed by atoms with Crippen molar-refractivity contribution in [3.05, 3.63) is 16.0 Å². The van der Waals surface area contributed by atoms with E-state index in [2.05, 4.69) is 38.2 Å². The third-order valence-electron chi connectivity index (χ3n) is 3.68. The molecule has 1 aliphatic carbocycles. The van der Waals surface area contributed by atoms with Gasteiger partial charge in [-0.15, -0.1) is 0 Å². The van der Waals surface area contributed by atoms with Crippen molar-refractivity contribution in [3.63, 3.8) is 0 Å². The lowest BCUT2D eigenvalue weighted by Crippen LogP contribution is -2.51. The van der Waals surface area contributed by atoms with Gasteiger partial charge in [-0.05, 0) is 67.1 Å². The van der Waals surface area contributed by atoms with Crippen LogP contribution in [0, 0.1) is 5.92 Å². The SMILES string of the molecule is C[C@H]1CCCC1N(NC(=O)OC(C)(C)C)c1nc(Cl)ncc1Br. The van der Waals surface area contributed by atoms with Crippen molar-refractivity contribution in [2.75, 3.05) is 5.01 Å². The highest BCUT2D eigenvalue weighted by atomic mass is 79.9. The van der Waals surface area contributed by atoms with E-state index in [4.69, 9.17) is 16.3 Å². The molecule has 1 aromatic heterocycles. The second-order valence-electron chi connectivity index (χ2n) is 6.77. The topological polar surface area (TPSA) is 67.4 Å². The smallest absolute Gasteiger partial charge is 0.426 e. The van der Waals surface area contributed by atoms with Gasteiger partial charge in [-0.25, -0.2) is 15.2 Å². The van der Waals surface area contributed by atoms with Gasteiger partial charge in [-0.1, -0.05) is 13.3 Å². The normalized spacial score (nSPS) is 21.1. The highest BCUT2D eigenvalue weighted by Crippen LogP contribution is 2.34. The number of carbonyl (C=O) groups is 1. The number of hydrogen-bond acceptors (Lipinski definition) is 5. The van der Waals surface area contributed by atoms with Crippen LogP contribution in [0.25, 0.3) is 0 Å². The lowest BCUT2D eigenvalue weighted by Gasteiger charge is -2.34. The molecule has 0 radical (unpaired) electrons. The molecule has 2 rings (SSSR count). The fourth-order valence-electron chi connectivity index (χ4n) is 2.71. The van der Waals surface area contributed by atoms with Crippen LogP contribution in [0.1, 0.15) is 47.0 Å². The van der Waals surface area contributed by atoms with Gasteiger partial charge in [0.15, 0.2) is 5.82 Å². The quantitative estimate of drug-likeness (QED) is 0.599. The first kappa shape index (κ1) is 18.3. The predicted molar refractivity (Wildman–Crippen MR) is 93.4 cm³/mol. The lowest BCUT2D eigenvalue weighted by atomic mass is 10.1. The number of aromatic nitrogens is 2. The summed E-state index contributed by atoms with van der Waals surface area (Å²) in [5.74, 6) is 0.959. The number of anilines is 1. The van der Waals surface area contributed by atoms with E-state index in [-0.39, 0.29) is 11.3 Å². The van der Waals surface area contributed by atoms with Gasteiger partial charge in [0.2, 0.25) is 5.28 Å². The second-order valence-corrected chi connectivity index (χ2v) is 7.96. The van der Waals surface area contributed by atoms with Crippen molar-refractivity contribution < 1.29 is 9.53 Å². The molecular weight excluding hydrogens is 384 g/mol. The Morgan fingerprint density at radius 1 is 1.48 bits per heavy atom. The van der Waals surface area contributed by atoms with Crippen LogP contribution < -0.4 is 10.4 Å². The Hall–Kier alpha value is -1.08. The van der Waals surface area contributed by atoms with E-state index >= 15 is 0 Å². The molecule has 0 aromatic carbocycles. The maximum absolute atomic E-state index is 12.2. The number of halogens is 2. The number of rotatable bonds is 3. The molecule has 1 saturated carbocycles. The summed E-state index contributed by atoms with van der Waals surface area (Å²) in [4.78, 5) is 20.4. The largest absolute Gasteiger partial charge is 0.443 e. The summed E-state index contributed by atoms with van der Waals surface area (Å²) in [5.41, 5.74) is 2.25. The Morgan fingerprint density at radius 3 is 2.74 bits per heavy atom. The molecule has 0 saturated heterocycles. The van der Waals surface area contributed by atoms with Crippen molar-refractivity contribution in [2.45, 2.75) is 58.6 Å². The molecule has 0 spiro atoms. The van der Waals surface area contributed by atoms with Crippen LogP contribution >= 0.6 is 27.5 Å². The van der Waals surface area contributed by atoms with Gasteiger partial charge in [0.25, 0.3) is 0 Å². The first-order chi connectivity index (χ1) is 10.7. The van der Waals surface area contributed by atoms with Gasteiger partial charge in [0, 0.05) is 6.20 Å². The number of nitrogens with one attached hydrogen (secondary N) is 1. The minimum atomic E-state index is -0.572. The predicted octanol–water partition coefficient (Wildman–Crippen LogP) is 4.33. The monoisotopic (exact) mass is 404 g/mol. The summed E-state index contributed by atoms with van der Waals surface area (Å²) in [6, 6.07) is 0.129. The van der Waals surface area contributed by atoms with Crippen LogP contribution in [-0.2, 0) is 4.74 Å². The number of amides is 1. The Balaban J connectivity index is 2.28. The third-order valence-corrected chi connectivity index (χ3v) is 4.42. The molecular formula is C15H22BrClN4O2. The number of hydrazine groups is 1. The van der Waals surface area contributed by atoms with Crippen LogP contribution in [0.5, 0.6) is 0 Å². The zero-order valence-corrected chi connectivity index (χ0v) is 16.1. The average molecular weight is 406 g/mol. The molecule has 0 aliphatic heterocycles. The molecule has 8 heteroatoms. The summed E-state index contributed by atoms with van der Waals surface area (Å²) in [5, 5.41) is 1.88. The number of carbonyl (C=O) groups excluding carboxylic acids is 1. The van der Waals surface area contributed by atoms with E-state index in [1.165, 1.54) is 0 Å². The summed E-state index contributed by atoms with van der Waals surface area (Å²) < 4.78 is 6.04. The van der Waals surface area contributed by atoms with Crippen LogP contribution in [0.4, 0.5) is 10.6 Å². The lowest BCUT2D eigenvalue weighted by molar-refractivity contribution is 0.0512. The third kappa shape index (κ3) is 4.94. The molecule has 1 fully saturated rings. The first-order valence-electron chi connectivity index (χ1n) is 7.64. The van der Waals surface area contributed by atoms with Gasteiger partial charge in [0.05, 0.1) is 10.5 Å². The van der Waals surface area contributed by atoms with E-state index in [1.54, 1.807) is 11.2 Å². The molecule has 1 aromatic rings. The van der Waals surface area contributed by atoms with Crippen LogP contribution in [0.15, 0.2) is 10.7 Å². The molecule has 0 bridgehead atoms. The Morgan fingerprint density at radius 2 is 2.17 bits per heavy atom. The molecule has 128 valence electrons. The number of ether oxygens (including phenoxy) is 1. The van der Waals surface area contributed by atoms with Gasteiger partial charge in [-0.3, -0.25) is 5.01 Å². The van der Waals surface area contributed by atoms with Crippen LogP contribution in [0.2, 0.25) is 5.28 Å². The van der Waals surface area contributed by atoms with E-state index < -0.39 is 11.7 Å². The molecule has 1 amide bonds. The average Bonchev–Trinajstić information content (AvgIpc) is 2.83. The Labute approximate surface area is 150 Å². The van der Waals surface area contributed by atoms with Crippen LogP contribution in [-0.4, -0.2) is 27.7 Å². The van der Waals surface area contributed by atoms with E-state index in [0.717, 1.165) is 19.3 Å². The van der Waals surface area contributed by atoms with Crippen molar-refractivity contribution in [1.29, 1.82) is 0 Å². The van der Waals surface area contributed by atoms with E-state index in [9.17, 15) is 4.79 Å². The summed E-state index contributed by atoms with van der Waals surface area (Å²) in [6.07, 6.45) is 4.24. The second kappa shape index (κ2) is 7.21. The van der Waals surface area contributed by atoms with Gasteiger partial charge in [-0.2, -0.15) is 4.98 Å². The van der Waals surface area contributed by atoms with E-state index in [1.807, 2.05) is 20.8 Å². The fraction of sp³-hybridized carbons (Fsp3) is 0.667. The highest BCUT2D eigenvalue weighted by molar-refractivity contribution is 9.10. The zero-order valence-electron chi connectivity index (χ0n) is 13.8. The van der Waals surface area contributed by atoms with Crippen molar-refractivity contribution >= 4 is 39.4 Å². The number of nitrogens with zero attached hydrogens (tertiary/aromatic N) is 3. The van der Waals surface area contributed by atoms with Gasteiger partial charge in [0.1, 0.15) is 5.60 Å². The Bertz CT molecular complexity index is 579. The zero-order chi connectivity index (χ0) is 17.2. The standard InChI is InChI=1S/C15H22BrClN4O2/c1-9-6-5-7-11(9)21(20-14(22)23-15(2,3)4)12-10(16)8-18-13(17)19-12/h8-9,11H,5-7H2,1-4H3,(H,20,22)/t9-,11?/m0/s1. The first-order valence-corrected chi connectivity index (χ1v) is 8.81. The molecule has 2 atom stereocenters. The molecule has 1 N–H and O–H groups in total. The molecule has 1 aliphatic rings. The summed E-state index contributed by atoms with van der Waals surface area (Å²) >= 11 is 9.37. The van der Waals surface area contributed by atoms with Gasteiger partial charge < -0.3 is 4.74 Å². The maximum Gasteiger partial charge on any atom is 0.426 e. The minimum absolute atomic E-state index is 0.129. The highest BCUT2D eigenvalue weighted by Gasteiger charge is 2.33. The fourth-order valence-corrected chi connectivity index (χ4v) is 3.22. The van der Waals surface area contributed by atoms with Crippen molar-refractivity contribution in [3.8, 4) is 0 Å². The summed E-state index contributed by atoms with van der Waals surface area (Å²) in [7, 11) is 0. The molecule has 6 nitrogen and oxygen atoms in total. The minimum Gasteiger partial charge on any atom is -0.443 e. The summed E-state index contributed by atoms with van der Waals surface area (Å²) in [6.45, 7) is 7.64. The molecule has 23 heavy (non-hydrogen) atoms. The van der Waals surface area contributed by atoms with Crippen LogP contribution in [0.3, 0.4) is 0 Å². The van der Waals surface area contributed by atoms with Gasteiger partial charge >= 0.3 is 6.09 Å².